The Morgan fingerprint density at radius 1 is 1.23 bits per heavy atom. The molecular formula is C24H24ClN3O3. The zero-order valence-corrected chi connectivity index (χ0v) is 18.0. The smallest absolute Gasteiger partial charge is 0.257 e. The quantitative estimate of drug-likeness (QED) is 0.635. The van der Waals surface area contributed by atoms with E-state index in [2.05, 4.69) is 22.0 Å². The van der Waals surface area contributed by atoms with Gasteiger partial charge in [-0.2, -0.15) is 0 Å². The molecule has 1 N–H and O–H groups in total. The lowest BCUT2D eigenvalue weighted by Crippen LogP contribution is -2.56. The van der Waals surface area contributed by atoms with Crippen molar-refractivity contribution < 1.29 is 14.6 Å². The van der Waals surface area contributed by atoms with Crippen molar-refractivity contribution in [3.63, 3.8) is 0 Å². The van der Waals surface area contributed by atoms with Crippen molar-refractivity contribution in [3.05, 3.63) is 70.5 Å². The molecule has 1 saturated heterocycles. The van der Waals surface area contributed by atoms with Crippen LogP contribution in [0, 0.1) is 0 Å². The van der Waals surface area contributed by atoms with E-state index in [9.17, 15) is 9.90 Å². The Morgan fingerprint density at radius 3 is 2.77 bits per heavy atom. The fraction of sp³-hybridized carbons (Fsp3) is 0.333. The molecule has 3 aromatic rings. The molecule has 0 saturated carbocycles. The summed E-state index contributed by atoms with van der Waals surface area (Å²) >= 11 is 5.95. The van der Waals surface area contributed by atoms with Crippen LogP contribution in [0.3, 0.4) is 0 Å². The fourth-order valence-electron chi connectivity index (χ4n) is 4.74. The minimum absolute atomic E-state index is 0.0414. The number of rotatable bonds is 3. The van der Waals surface area contributed by atoms with Crippen LogP contribution in [0.5, 0.6) is 0 Å². The second kappa shape index (κ2) is 8.11. The van der Waals surface area contributed by atoms with Gasteiger partial charge < -0.3 is 19.6 Å². The fourth-order valence-corrected chi connectivity index (χ4v) is 4.85. The molecule has 0 aliphatic carbocycles. The van der Waals surface area contributed by atoms with Crippen molar-refractivity contribution in [2.75, 3.05) is 31.8 Å². The van der Waals surface area contributed by atoms with Crippen LogP contribution in [0.15, 0.2) is 48.7 Å². The van der Waals surface area contributed by atoms with E-state index in [1.807, 2.05) is 31.3 Å². The number of benzene rings is 2. The minimum atomic E-state index is -0.673. The Morgan fingerprint density at radius 2 is 2.03 bits per heavy atom. The second-order valence-electron chi connectivity index (χ2n) is 8.26. The molecule has 31 heavy (non-hydrogen) atoms. The van der Waals surface area contributed by atoms with Crippen molar-refractivity contribution in [2.24, 2.45) is 0 Å². The van der Waals surface area contributed by atoms with E-state index >= 15 is 0 Å². The molecule has 3 heterocycles. The van der Waals surface area contributed by atoms with Crippen molar-refractivity contribution in [1.82, 2.24) is 9.88 Å². The van der Waals surface area contributed by atoms with E-state index in [0.29, 0.717) is 36.8 Å². The van der Waals surface area contributed by atoms with Crippen LogP contribution in [0.1, 0.15) is 27.9 Å². The number of aromatic nitrogens is 1. The van der Waals surface area contributed by atoms with Crippen LogP contribution >= 0.6 is 11.6 Å². The van der Waals surface area contributed by atoms with Gasteiger partial charge in [-0.3, -0.25) is 4.79 Å². The number of carbonyl (C=O) groups is 1. The molecule has 5 rings (SSSR count). The van der Waals surface area contributed by atoms with E-state index < -0.39 is 6.10 Å². The SMILES string of the molecule is CN1CN([C@H]2CCOC[C@@H]2O)C(=O)c2cc(Cc3ccc(Cl)nc3)c3ccccc3c21. The molecule has 1 aromatic heterocycles. The molecule has 0 unspecified atom stereocenters. The first-order chi connectivity index (χ1) is 15.0. The van der Waals surface area contributed by atoms with Gasteiger partial charge in [-0.1, -0.05) is 41.9 Å². The lowest BCUT2D eigenvalue weighted by Gasteiger charge is -2.43. The van der Waals surface area contributed by atoms with Gasteiger partial charge in [-0.25, -0.2) is 4.98 Å². The summed E-state index contributed by atoms with van der Waals surface area (Å²) in [5, 5.41) is 13.1. The first-order valence-electron chi connectivity index (χ1n) is 10.5. The van der Waals surface area contributed by atoms with Crippen molar-refractivity contribution in [1.29, 1.82) is 0 Å². The molecule has 1 amide bonds. The largest absolute Gasteiger partial charge is 0.389 e. The highest BCUT2D eigenvalue weighted by atomic mass is 35.5. The Hall–Kier alpha value is -2.67. The Labute approximate surface area is 186 Å². The highest BCUT2D eigenvalue weighted by Crippen LogP contribution is 2.38. The molecule has 0 spiro atoms. The third-order valence-electron chi connectivity index (χ3n) is 6.21. The Kier molecular flexibility index (Phi) is 5.30. The highest BCUT2D eigenvalue weighted by Gasteiger charge is 2.38. The zero-order chi connectivity index (χ0) is 21.5. The monoisotopic (exact) mass is 437 g/mol. The van der Waals surface area contributed by atoms with Gasteiger partial charge in [0.25, 0.3) is 5.91 Å². The Bertz CT molecular complexity index is 1130. The normalized spacial score (nSPS) is 21.5. The number of ether oxygens (including phenoxy) is 1. The predicted molar refractivity (Wildman–Crippen MR) is 121 cm³/mol. The van der Waals surface area contributed by atoms with Crippen LogP contribution in [-0.2, 0) is 11.2 Å². The summed E-state index contributed by atoms with van der Waals surface area (Å²) in [5.41, 5.74) is 3.71. The van der Waals surface area contributed by atoms with Gasteiger partial charge in [0.05, 0.1) is 36.7 Å². The second-order valence-corrected chi connectivity index (χ2v) is 8.64. The van der Waals surface area contributed by atoms with Crippen LogP contribution in [0.25, 0.3) is 10.8 Å². The van der Waals surface area contributed by atoms with Gasteiger partial charge in [-0.15, -0.1) is 0 Å². The van der Waals surface area contributed by atoms with Crippen LogP contribution in [0.2, 0.25) is 5.15 Å². The van der Waals surface area contributed by atoms with E-state index in [1.54, 1.807) is 17.2 Å². The number of pyridine rings is 1. The first-order valence-corrected chi connectivity index (χ1v) is 10.8. The van der Waals surface area contributed by atoms with E-state index in [1.165, 1.54) is 0 Å². The summed E-state index contributed by atoms with van der Waals surface area (Å²) in [5.74, 6) is -0.0414. The Balaban J connectivity index is 1.61. The topological polar surface area (TPSA) is 65.9 Å². The summed E-state index contributed by atoms with van der Waals surface area (Å²) in [6, 6.07) is 13.7. The van der Waals surface area contributed by atoms with Gasteiger partial charge in [0.15, 0.2) is 0 Å². The molecule has 0 radical (unpaired) electrons. The average Bonchev–Trinajstić information content (AvgIpc) is 2.78. The van der Waals surface area contributed by atoms with Gasteiger partial charge in [0.1, 0.15) is 5.15 Å². The standard InChI is InChI=1S/C24H24ClN3O3/c1-27-14-28(20-8-9-31-13-21(20)29)24(30)19-11-16(10-15-6-7-22(25)26-12-15)17-4-2-3-5-18(17)23(19)27/h2-7,11-12,20-21,29H,8-10,13-14H2,1H3/t20-,21-/m0/s1. The summed E-state index contributed by atoms with van der Waals surface area (Å²) in [7, 11) is 2.00. The van der Waals surface area contributed by atoms with Crippen molar-refractivity contribution in [2.45, 2.75) is 25.0 Å². The van der Waals surface area contributed by atoms with E-state index in [4.69, 9.17) is 16.3 Å². The van der Waals surface area contributed by atoms with Crippen LogP contribution in [0.4, 0.5) is 5.69 Å². The van der Waals surface area contributed by atoms with Crippen molar-refractivity contribution in [3.8, 4) is 0 Å². The molecule has 2 atom stereocenters. The van der Waals surface area contributed by atoms with Crippen LogP contribution < -0.4 is 4.90 Å². The molecule has 1 fully saturated rings. The molecule has 2 aliphatic heterocycles. The number of aliphatic hydroxyl groups excluding tert-OH is 1. The van der Waals surface area contributed by atoms with Crippen LogP contribution in [-0.4, -0.2) is 60.0 Å². The summed E-state index contributed by atoms with van der Waals surface area (Å²) in [4.78, 5) is 21.7. The summed E-state index contributed by atoms with van der Waals surface area (Å²) < 4.78 is 5.37. The zero-order valence-electron chi connectivity index (χ0n) is 17.3. The predicted octanol–water partition coefficient (Wildman–Crippen LogP) is 3.48. The number of aliphatic hydroxyl groups is 1. The number of carbonyl (C=O) groups excluding carboxylic acids is 1. The number of anilines is 1. The average molecular weight is 438 g/mol. The minimum Gasteiger partial charge on any atom is -0.389 e. The summed E-state index contributed by atoms with van der Waals surface area (Å²) in [6.45, 7) is 1.25. The maximum Gasteiger partial charge on any atom is 0.257 e. The molecular weight excluding hydrogens is 414 g/mol. The van der Waals surface area contributed by atoms with E-state index in [0.717, 1.165) is 27.6 Å². The molecule has 6 nitrogen and oxygen atoms in total. The van der Waals surface area contributed by atoms with E-state index in [-0.39, 0.29) is 18.6 Å². The number of amides is 1. The lowest BCUT2D eigenvalue weighted by molar-refractivity contribution is -0.0575. The lowest BCUT2D eigenvalue weighted by atomic mass is 9.92. The number of fused-ring (bicyclic) bond motifs is 3. The molecule has 0 bridgehead atoms. The maximum absolute atomic E-state index is 13.6. The maximum atomic E-state index is 13.6. The molecule has 7 heteroatoms. The molecule has 160 valence electrons. The molecule has 2 aromatic carbocycles. The number of hydrogen-bond acceptors (Lipinski definition) is 5. The van der Waals surface area contributed by atoms with Gasteiger partial charge >= 0.3 is 0 Å². The number of hydrogen-bond donors (Lipinski definition) is 1. The third kappa shape index (κ3) is 3.65. The van der Waals surface area contributed by atoms with Gasteiger partial charge in [0, 0.05) is 25.2 Å². The van der Waals surface area contributed by atoms with Gasteiger partial charge in [-0.05, 0) is 41.5 Å². The highest BCUT2D eigenvalue weighted by molar-refractivity contribution is 6.29. The number of halogens is 1. The van der Waals surface area contributed by atoms with Gasteiger partial charge in [0.2, 0.25) is 0 Å². The third-order valence-corrected chi connectivity index (χ3v) is 6.44. The molecule has 2 aliphatic rings. The first kappa shape index (κ1) is 20.2. The summed E-state index contributed by atoms with van der Waals surface area (Å²) in [6.07, 6.45) is 2.38. The number of nitrogens with zero attached hydrogens (tertiary/aromatic N) is 3. The van der Waals surface area contributed by atoms with Crippen molar-refractivity contribution >= 4 is 34.0 Å².